The van der Waals surface area contributed by atoms with Crippen molar-refractivity contribution in [3.8, 4) is 0 Å². The van der Waals surface area contributed by atoms with E-state index in [1.165, 1.54) is 6.07 Å². The summed E-state index contributed by atoms with van der Waals surface area (Å²) in [5, 5.41) is 0. The summed E-state index contributed by atoms with van der Waals surface area (Å²) in [6, 6.07) is 2.28. The highest BCUT2D eigenvalue weighted by Gasteiger charge is 2.16. The number of pyridine rings is 1. The van der Waals surface area contributed by atoms with E-state index in [4.69, 9.17) is 0 Å². The summed E-state index contributed by atoms with van der Waals surface area (Å²) in [5.41, 5.74) is -1.09. The Morgan fingerprint density at radius 1 is 1.53 bits per heavy atom. The first-order chi connectivity index (χ1) is 7.04. The van der Waals surface area contributed by atoms with Crippen molar-refractivity contribution < 1.29 is 18.3 Å². The fraction of sp³-hybridized carbons (Fsp3) is 0.333. The molecule has 0 spiro atoms. The number of aromatic amines is 1. The molecule has 0 aliphatic heterocycles. The van der Waals surface area contributed by atoms with E-state index >= 15 is 0 Å². The number of carbonyl (C=O) groups excluding carboxylic acids is 1. The van der Waals surface area contributed by atoms with E-state index in [1.54, 1.807) is 0 Å². The lowest BCUT2D eigenvalue weighted by Gasteiger charge is -2.06. The standard InChI is InChI=1S/C9H9F2NO3/c1-15-7(14)4-5-2-3-6(13)12-8(5)9(10)11/h2-3,9H,4H2,1H3,(H,12,13). The van der Waals surface area contributed by atoms with Crippen molar-refractivity contribution in [3.05, 3.63) is 33.7 Å². The summed E-state index contributed by atoms with van der Waals surface area (Å²) < 4.78 is 29.2. The predicted molar refractivity (Wildman–Crippen MR) is 47.7 cm³/mol. The minimum atomic E-state index is -2.82. The largest absolute Gasteiger partial charge is 0.469 e. The van der Waals surface area contributed by atoms with Gasteiger partial charge in [-0.2, -0.15) is 0 Å². The summed E-state index contributed by atoms with van der Waals surface area (Å²) >= 11 is 0. The molecule has 82 valence electrons. The number of esters is 1. The number of nitrogens with one attached hydrogen (secondary N) is 1. The van der Waals surface area contributed by atoms with Crippen molar-refractivity contribution in [3.63, 3.8) is 0 Å². The molecule has 0 saturated carbocycles. The van der Waals surface area contributed by atoms with Gasteiger partial charge in [-0.3, -0.25) is 9.59 Å². The van der Waals surface area contributed by atoms with Crippen LogP contribution < -0.4 is 5.56 Å². The van der Waals surface area contributed by atoms with Crippen LogP contribution in [0.3, 0.4) is 0 Å². The number of alkyl halides is 2. The van der Waals surface area contributed by atoms with E-state index in [9.17, 15) is 18.4 Å². The quantitative estimate of drug-likeness (QED) is 0.769. The summed E-state index contributed by atoms with van der Waals surface area (Å²) in [6.45, 7) is 0. The molecule has 0 aliphatic carbocycles. The van der Waals surface area contributed by atoms with Crippen LogP contribution in [0.5, 0.6) is 0 Å². The Morgan fingerprint density at radius 3 is 2.73 bits per heavy atom. The van der Waals surface area contributed by atoms with Gasteiger partial charge >= 0.3 is 5.97 Å². The van der Waals surface area contributed by atoms with Gasteiger partial charge in [-0.05, 0) is 5.56 Å². The van der Waals surface area contributed by atoms with E-state index in [0.717, 1.165) is 13.2 Å². The number of rotatable bonds is 3. The van der Waals surface area contributed by atoms with Crippen LogP contribution in [-0.4, -0.2) is 18.1 Å². The van der Waals surface area contributed by atoms with Crippen LogP contribution >= 0.6 is 0 Å². The van der Waals surface area contributed by atoms with Gasteiger partial charge in [0.15, 0.2) is 0 Å². The highest BCUT2D eigenvalue weighted by atomic mass is 19.3. The maximum atomic E-state index is 12.4. The van der Waals surface area contributed by atoms with Crippen LogP contribution in [0.1, 0.15) is 17.7 Å². The van der Waals surface area contributed by atoms with Gasteiger partial charge in [-0.1, -0.05) is 6.07 Å². The molecule has 0 atom stereocenters. The Kier molecular flexibility index (Phi) is 3.54. The molecule has 1 aromatic heterocycles. The molecule has 4 nitrogen and oxygen atoms in total. The third kappa shape index (κ3) is 2.87. The highest BCUT2D eigenvalue weighted by Crippen LogP contribution is 2.19. The molecule has 0 fully saturated rings. The van der Waals surface area contributed by atoms with E-state index in [-0.39, 0.29) is 12.0 Å². The summed E-state index contributed by atoms with van der Waals surface area (Å²) in [6.07, 6.45) is -3.11. The molecular weight excluding hydrogens is 208 g/mol. The molecule has 0 amide bonds. The average Bonchev–Trinajstić information content (AvgIpc) is 2.20. The molecule has 1 N–H and O–H groups in total. The molecule has 0 bridgehead atoms. The Balaban J connectivity index is 3.06. The fourth-order valence-electron chi connectivity index (χ4n) is 1.10. The molecule has 0 saturated heterocycles. The summed E-state index contributed by atoms with van der Waals surface area (Å²) in [5.74, 6) is -0.635. The lowest BCUT2D eigenvalue weighted by molar-refractivity contribution is -0.139. The zero-order valence-corrected chi connectivity index (χ0v) is 7.92. The summed E-state index contributed by atoms with van der Waals surface area (Å²) in [4.78, 5) is 23.7. The summed E-state index contributed by atoms with van der Waals surface area (Å²) in [7, 11) is 1.16. The Morgan fingerprint density at radius 2 is 2.20 bits per heavy atom. The van der Waals surface area contributed by atoms with Crippen LogP contribution in [0.25, 0.3) is 0 Å². The predicted octanol–water partition coefficient (Wildman–Crippen LogP) is 1.03. The smallest absolute Gasteiger partial charge is 0.310 e. The zero-order chi connectivity index (χ0) is 11.4. The topological polar surface area (TPSA) is 59.2 Å². The van der Waals surface area contributed by atoms with Crippen molar-refractivity contribution in [2.45, 2.75) is 12.8 Å². The molecule has 0 unspecified atom stereocenters. The number of hydrogen-bond donors (Lipinski definition) is 1. The van der Waals surface area contributed by atoms with E-state index in [0.29, 0.717) is 0 Å². The normalized spacial score (nSPS) is 10.4. The molecule has 6 heteroatoms. The molecule has 15 heavy (non-hydrogen) atoms. The molecular formula is C9H9F2NO3. The Bertz CT molecular complexity index is 414. The van der Waals surface area contributed by atoms with Gasteiger partial charge in [-0.15, -0.1) is 0 Å². The van der Waals surface area contributed by atoms with Crippen LogP contribution in [0.2, 0.25) is 0 Å². The third-order valence-electron chi connectivity index (χ3n) is 1.82. The van der Waals surface area contributed by atoms with Crippen molar-refractivity contribution in [2.24, 2.45) is 0 Å². The molecule has 0 aliphatic rings. The Labute approximate surface area is 83.9 Å². The molecule has 1 rings (SSSR count). The van der Waals surface area contributed by atoms with Gasteiger partial charge in [0.25, 0.3) is 6.43 Å². The molecule has 0 radical (unpaired) electrons. The van der Waals surface area contributed by atoms with Gasteiger partial charge in [0.05, 0.1) is 19.2 Å². The second-order valence-electron chi connectivity index (χ2n) is 2.82. The van der Waals surface area contributed by atoms with E-state index in [2.05, 4.69) is 4.74 Å². The third-order valence-corrected chi connectivity index (χ3v) is 1.82. The number of hydrogen-bond acceptors (Lipinski definition) is 3. The number of methoxy groups -OCH3 is 1. The first-order valence-electron chi connectivity index (χ1n) is 4.11. The van der Waals surface area contributed by atoms with E-state index in [1.807, 2.05) is 4.98 Å². The van der Waals surface area contributed by atoms with Crippen molar-refractivity contribution in [1.82, 2.24) is 4.98 Å². The minimum Gasteiger partial charge on any atom is -0.469 e. The monoisotopic (exact) mass is 217 g/mol. The van der Waals surface area contributed by atoms with Crippen molar-refractivity contribution in [2.75, 3.05) is 7.11 Å². The number of ether oxygens (including phenoxy) is 1. The minimum absolute atomic E-state index is 0.0662. The molecule has 0 aromatic carbocycles. The van der Waals surface area contributed by atoms with Gasteiger partial charge in [0.2, 0.25) is 5.56 Å². The number of carbonyl (C=O) groups is 1. The van der Waals surface area contributed by atoms with Crippen LogP contribution in [0.15, 0.2) is 16.9 Å². The van der Waals surface area contributed by atoms with Crippen LogP contribution in [-0.2, 0) is 16.0 Å². The van der Waals surface area contributed by atoms with Crippen molar-refractivity contribution in [1.29, 1.82) is 0 Å². The van der Waals surface area contributed by atoms with Crippen LogP contribution in [0.4, 0.5) is 8.78 Å². The second kappa shape index (κ2) is 4.68. The average molecular weight is 217 g/mol. The van der Waals surface area contributed by atoms with E-state index < -0.39 is 23.6 Å². The number of halogens is 2. The van der Waals surface area contributed by atoms with Gasteiger partial charge in [-0.25, -0.2) is 8.78 Å². The lowest BCUT2D eigenvalue weighted by Crippen LogP contribution is -2.14. The maximum absolute atomic E-state index is 12.4. The molecule has 1 heterocycles. The first kappa shape index (κ1) is 11.4. The molecule has 1 aromatic rings. The highest BCUT2D eigenvalue weighted by molar-refractivity contribution is 5.72. The van der Waals surface area contributed by atoms with Crippen molar-refractivity contribution >= 4 is 5.97 Å². The Hall–Kier alpha value is -1.72. The fourth-order valence-corrected chi connectivity index (χ4v) is 1.10. The first-order valence-corrected chi connectivity index (χ1v) is 4.11. The van der Waals surface area contributed by atoms with Crippen LogP contribution in [0, 0.1) is 0 Å². The maximum Gasteiger partial charge on any atom is 0.310 e. The number of H-pyrrole nitrogens is 1. The number of aromatic nitrogens is 1. The SMILES string of the molecule is COC(=O)Cc1ccc(=O)[nH]c1C(F)F. The lowest BCUT2D eigenvalue weighted by atomic mass is 10.1. The van der Waals surface area contributed by atoms with Gasteiger partial charge in [0.1, 0.15) is 0 Å². The van der Waals surface area contributed by atoms with Gasteiger partial charge < -0.3 is 9.72 Å². The second-order valence-corrected chi connectivity index (χ2v) is 2.82. The zero-order valence-electron chi connectivity index (χ0n) is 7.92. The van der Waals surface area contributed by atoms with Gasteiger partial charge in [0, 0.05) is 6.07 Å².